The van der Waals surface area contributed by atoms with Crippen LogP contribution >= 0.6 is 0 Å². The Hall–Kier alpha value is -3.90. The van der Waals surface area contributed by atoms with Gasteiger partial charge in [-0.1, -0.05) is 105 Å². The molecule has 0 saturated carbocycles. The van der Waals surface area contributed by atoms with Crippen molar-refractivity contribution in [1.29, 1.82) is 0 Å². The molecule has 0 heterocycles. The van der Waals surface area contributed by atoms with Crippen LogP contribution in [-0.4, -0.2) is 0 Å². The molecule has 0 amide bonds. The minimum atomic E-state index is -0.0452. The van der Waals surface area contributed by atoms with Gasteiger partial charge in [-0.25, -0.2) is 0 Å². The molecule has 0 N–H and O–H groups in total. The fourth-order valence-corrected chi connectivity index (χ4v) is 5.94. The molecular weight excluding hydrogens is 396 g/mol. The van der Waals surface area contributed by atoms with Crippen molar-refractivity contribution < 1.29 is 0 Å². The average Bonchev–Trinajstić information content (AvgIpc) is 3.09. The Kier molecular flexibility index (Phi) is 3.71. The fourth-order valence-electron chi connectivity index (χ4n) is 5.94. The van der Waals surface area contributed by atoms with Crippen molar-refractivity contribution in [3.8, 4) is 22.3 Å². The van der Waals surface area contributed by atoms with Gasteiger partial charge in [0.05, 0.1) is 0 Å². The summed E-state index contributed by atoms with van der Waals surface area (Å²) in [6, 6.07) is 40.4. The summed E-state index contributed by atoms with van der Waals surface area (Å²) < 4.78 is 0. The van der Waals surface area contributed by atoms with Crippen molar-refractivity contribution in [2.24, 2.45) is 0 Å². The van der Waals surface area contributed by atoms with Crippen molar-refractivity contribution in [3.63, 3.8) is 0 Å². The topological polar surface area (TPSA) is 0 Å². The minimum Gasteiger partial charge on any atom is -0.0622 e. The lowest BCUT2D eigenvalue weighted by Crippen LogP contribution is -2.15. The molecule has 0 radical (unpaired) electrons. The Morgan fingerprint density at radius 1 is 0.394 bits per heavy atom. The molecule has 1 aliphatic rings. The predicted molar refractivity (Wildman–Crippen MR) is 142 cm³/mol. The van der Waals surface area contributed by atoms with Crippen LogP contribution in [0.2, 0.25) is 0 Å². The number of hydrogen-bond donors (Lipinski definition) is 0. The maximum atomic E-state index is 2.47. The lowest BCUT2D eigenvalue weighted by molar-refractivity contribution is 0.661. The highest BCUT2D eigenvalue weighted by atomic mass is 14.4. The number of fused-ring (bicyclic) bond motifs is 9. The molecule has 0 fully saturated rings. The maximum Gasteiger partial charge on any atom is 0.0159 e. The second-order valence-electron chi connectivity index (χ2n) is 9.79. The summed E-state index contributed by atoms with van der Waals surface area (Å²) in [5.74, 6) is 0. The minimum absolute atomic E-state index is 0.0452. The summed E-state index contributed by atoms with van der Waals surface area (Å²) in [6.45, 7) is 4.75. The second-order valence-corrected chi connectivity index (χ2v) is 9.79. The van der Waals surface area contributed by atoms with Crippen LogP contribution in [0.15, 0.2) is 109 Å². The van der Waals surface area contributed by atoms with Gasteiger partial charge < -0.3 is 0 Å². The third kappa shape index (κ3) is 2.52. The second kappa shape index (κ2) is 6.56. The molecule has 1 aliphatic carbocycles. The van der Waals surface area contributed by atoms with Crippen molar-refractivity contribution >= 4 is 32.3 Å². The highest BCUT2D eigenvalue weighted by Gasteiger charge is 2.36. The Bertz CT molecular complexity index is 1720. The third-order valence-electron chi connectivity index (χ3n) is 7.65. The molecule has 0 aliphatic heterocycles. The first-order chi connectivity index (χ1) is 16.1. The Labute approximate surface area is 194 Å². The van der Waals surface area contributed by atoms with E-state index in [0.717, 1.165) is 0 Å². The van der Waals surface area contributed by atoms with E-state index in [1.165, 1.54) is 65.7 Å². The highest BCUT2D eigenvalue weighted by molar-refractivity contribution is 6.26. The first kappa shape index (κ1) is 18.7. The molecule has 0 unspecified atom stereocenters. The molecule has 0 atom stereocenters. The van der Waals surface area contributed by atoms with Crippen molar-refractivity contribution in [2.75, 3.05) is 0 Å². The smallest absolute Gasteiger partial charge is 0.0159 e. The third-order valence-corrected chi connectivity index (χ3v) is 7.65. The Morgan fingerprint density at radius 2 is 0.909 bits per heavy atom. The van der Waals surface area contributed by atoms with Crippen LogP contribution in [-0.2, 0) is 5.41 Å². The molecule has 33 heavy (non-hydrogen) atoms. The van der Waals surface area contributed by atoms with Gasteiger partial charge in [0.25, 0.3) is 0 Å². The van der Waals surface area contributed by atoms with Gasteiger partial charge in [0, 0.05) is 5.41 Å². The van der Waals surface area contributed by atoms with Gasteiger partial charge in [0.15, 0.2) is 0 Å². The molecule has 0 bridgehead atoms. The van der Waals surface area contributed by atoms with E-state index < -0.39 is 0 Å². The lowest BCUT2D eigenvalue weighted by atomic mass is 9.80. The maximum absolute atomic E-state index is 2.47. The Morgan fingerprint density at radius 3 is 1.55 bits per heavy atom. The molecule has 6 aromatic rings. The quantitative estimate of drug-likeness (QED) is 0.233. The van der Waals surface area contributed by atoms with E-state index in [2.05, 4.69) is 123 Å². The fraction of sp³-hybridized carbons (Fsp3) is 0.0909. The van der Waals surface area contributed by atoms with E-state index in [4.69, 9.17) is 0 Å². The van der Waals surface area contributed by atoms with Crippen LogP contribution < -0.4 is 0 Å². The van der Waals surface area contributed by atoms with Crippen LogP contribution in [0.1, 0.15) is 25.0 Å². The zero-order valence-electron chi connectivity index (χ0n) is 18.9. The van der Waals surface area contributed by atoms with E-state index in [-0.39, 0.29) is 5.41 Å². The van der Waals surface area contributed by atoms with E-state index in [9.17, 15) is 0 Å². The van der Waals surface area contributed by atoms with E-state index >= 15 is 0 Å². The average molecular weight is 421 g/mol. The summed E-state index contributed by atoms with van der Waals surface area (Å²) in [5, 5.41) is 8.04. The van der Waals surface area contributed by atoms with E-state index in [1.807, 2.05) is 0 Å². The SMILES string of the molecule is CC1(C)c2cc(-c3ccccc3)ccc2-c2cc3c4ccccc4c4ccccc4c3cc21. The van der Waals surface area contributed by atoms with Gasteiger partial charge in [0.1, 0.15) is 0 Å². The summed E-state index contributed by atoms with van der Waals surface area (Å²) in [4.78, 5) is 0. The summed E-state index contributed by atoms with van der Waals surface area (Å²) in [6.07, 6.45) is 0. The van der Waals surface area contributed by atoms with E-state index in [0.29, 0.717) is 0 Å². The number of hydrogen-bond acceptors (Lipinski definition) is 0. The van der Waals surface area contributed by atoms with Crippen molar-refractivity contribution in [1.82, 2.24) is 0 Å². The van der Waals surface area contributed by atoms with E-state index in [1.54, 1.807) is 0 Å². The monoisotopic (exact) mass is 420 g/mol. The van der Waals surface area contributed by atoms with Gasteiger partial charge in [-0.05, 0) is 83.9 Å². The van der Waals surface area contributed by atoms with Crippen molar-refractivity contribution in [2.45, 2.75) is 19.3 Å². The molecule has 0 nitrogen and oxygen atoms in total. The first-order valence-corrected chi connectivity index (χ1v) is 11.7. The normalized spacial score (nSPS) is 14.0. The largest absolute Gasteiger partial charge is 0.0622 e. The molecule has 7 rings (SSSR count). The van der Waals surface area contributed by atoms with Crippen LogP contribution in [0.5, 0.6) is 0 Å². The van der Waals surface area contributed by atoms with Crippen LogP contribution in [0.25, 0.3) is 54.6 Å². The van der Waals surface area contributed by atoms with Crippen LogP contribution in [0.4, 0.5) is 0 Å². The van der Waals surface area contributed by atoms with Gasteiger partial charge in [-0.15, -0.1) is 0 Å². The van der Waals surface area contributed by atoms with Crippen LogP contribution in [0.3, 0.4) is 0 Å². The summed E-state index contributed by atoms with van der Waals surface area (Å²) >= 11 is 0. The molecule has 0 spiro atoms. The van der Waals surface area contributed by atoms with Gasteiger partial charge in [0.2, 0.25) is 0 Å². The summed E-state index contributed by atoms with van der Waals surface area (Å²) in [5.41, 5.74) is 8.11. The van der Waals surface area contributed by atoms with Gasteiger partial charge in [-0.3, -0.25) is 0 Å². The molecule has 0 saturated heterocycles. The molecular formula is C33H24. The van der Waals surface area contributed by atoms with Gasteiger partial charge >= 0.3 is 0 Å². The standard InChI is InChI=1S/C33H24/c1-33(2)31-18-22(21-10-4-3-5-11-21)16-17-27(31)30-19-28-25-14-8-6-12-23(25)24-13-7-9-15-26(24)29(28)20-32(30)33/h3-20H,1-2H3. The Balaban J connectivity index is 1.57. The molecule has 156 valence electrons. The van der Waals surface area contributed by atoms with Crippen LogP contribution in [0, 0.1) is 0 Å². The lowest BCUT2D eigenvalue weighted by Gasteiger charge is -2.23. The zero-order chi connectivity index (χ0) is 22.2. The first-order valence-electron chi connectivity index (χ1n) is 11.7. The highest BCUT2D eigenvalue weighted by Crippen LogP contribution is 2.52. The molecule has 0 heteroatoms. The molecule has 6 aromatic carbocycles. The number of benzene rings is 6. The molecule has 0 aromatic heterocycles. The zero-order valence-corrected chi connectivity index (χ0v) is 18.9. The van der Waals surface area contributed by atoms with Crippen molar-refractivity contribution in [3.05, 3.63) is 120 Å². The van der Waals surface area contributed by atoms with Gasteiger partial charge in [-0.2, -0.15) is 0 Å². The number of rotatable bonds is 1. The predicted octanol–water partition coefficient (Wildman–Crippen LogP) is 9.12. The summed E-state index contributed by atoms with van der Waals surface area (Å²) in [7, 11) is 0.